The fourth-order valence-corrected chi connectivity index (χ4v) is 2.92. The van der Waals surface area contributed by atoms with Gasteiger partial charge in [-0.15, -0.1) is 10.2 Å². The summed E-state index contributed by atoms with van der Waals surface area (Å²) < 4.78 is 7.71. The Labute approximate surface area is 179 Å². The van der Waals surface area contributed by atoms with Gasteiger partial charge in [0.1, 0.15) is 29.9 Å². The van der Waals surface area contributed by atoms with Gasteiger partial charge >= 0.3 is 0 Å². The molecular formula is C22H21N7O2. The molecule has 0 unspecified atom stereocenters. The molecule has 31 heavy (non-hydrogen) atoms. The molecule has 3 heterocycles. The van der Waals surface area contributed by atoms with Crippen LogP contribution < -0.4 is 10.1 Å². The van der Waals surface area contributed by atoms with Crippen LogP contribution in [0.25, 0.3) is 11.5 Å². The van der Waals surface area contributed by atoms with Gasteiger partial charge < -0.3 is 14.6 Å². The molecule has 3 aromatic heterocycles. The van der Waals surface area contributed by atoms with Gasteiger partial charge in [0.15, 0.2) is 5.82 Å². The van der Waals surface area contributed by atoms with Crippen molar-refractivity contribution in [3.63, 3.8) is 0 Å². The Morgan fingerprint density at radius 2 is 2.03 bits per heavy atom. The Balaban J connectivity index is 1.55. The Kier molecular flexibility index (Phi) is 5.65. The molecule has 0 spiro atoms. The number of carbonyl (C=O) groups excluding carboxylic acids is 1. The number of anilines is 1. The number of benzene rings is 1. The zero-order valence-corrected chi connectivity index (χ0v) is 17.4. The average molecular weight is 415 g/mol. The number of nitrogens with one attached hydrogen (secondary N) is 1. The maximum atomic E-state index is 12.8. The lowest BCUT2D eigenvalue weighted by Gasteiger charge is -2.11. The van der Waals surface area contributed by atoms with Crippen molar-refractivity contribution in [3.8, 4) is 23.1 Å². The molecular weight excluding hydrogens is 394 g/mol. The Morgan fingerprint density at radius 1 is 1.16 bits per heavy atom. The van der Waals surface area contributed by atoms with Crippen LogP contribution in [-0.4, -0.2) is 35.6 Å². The minimum atomic E-state index is -0.303. The molecule has 0 saturated carbocycles. The molecule has 0 saturated heterocycles. The first-order valence-corrected chi connectivity index (χ1v) is 9.74. The Morgan fingerprint density at radius 3 is 2.81 bits per heavy atom. The van der Waals surface area contributed by atoms with Crippen LogP contribution in [0.5, 0.6) is 11.6 Å². The van der Waals surface area contributed by atoms with Crippen LogP contribution in [-0.2, 0) is 0 Å². The van der Waals surface area contributed by atoms with E-state index in [1.165, 1.54) is 6.33 Å². The minimum absolute atomic E-state index is 0.186. The number of rotatable bonds is 6. The summed E-state index contributed by atoms with van der Waals surface area (Å²) in [4.78, 5) is 25.3. The standard InChI is InChI=1S/C22H21N7O2/c1-14(2)29-13-25-28-21(29)17-5-4-6-19(26-17)27-22(30)16-8-7-15(3)18(11-16)31-20-9-10-23-12-24-20/h4-14H,1-3H3,(H,26,27,30). The lowest BCUT2D eigenvalue weighted by Crippen LogP contribution is -2.13. The Bertz CT molecular complexity index is 1210. The second kappa shape index (κ2) is 8.70. The quantitative estimate of drug-likeness (QED) is 0.506. The molecule has 1 aromatic carbocycles. The third-order valence-corrected chi connectivity index (χ3v) is 4.57. The Hall–Kier alpha value is -4.14. The molecule has 0 aliphatic rings. The molecule has 0 fully saturated rings. The number of hydrogen-bond acceptors (Lipinski definition) is 7. The van der Waals surface area contributed by atoms with Gasteiger partial charge in [-0.05, 0) is 50.6 Å². The minimum Gasteiger partial charge on any atom is -0.439 e. The topological polar surface area (TPSA) is 108 Å². The highest BCUT2D eigenvalue weighted by atomic mass is 16.5. The van der Waals surface area contributed by atoms with Crippen LogP contribution in [0.2, 0.25) is 0 Å². The molecule has 0 radical (unpaired) electrons. The van der Waals surface area contributed by atoms with Crippen LogP contribution in [0, 0.1) is 6.92 Å². The van der Waals surface area contributed by atoms with Crippen LogP contribution in [0.1, 0.15) is 35.8 Å². The van der Waals surface area contributed by atoms with Gasteiger partial charge in [-0.25, -0.2) is 15.0 Å². The molecule has 9 heteroatoms. The van der Waals surface area contributed by atoms with Gasteiger partial charge in [-0.2, -0.15) is 0 Å². The average Bonchev–Trinajstić information content (AvgIpc) is 3.27. The van der Waals surface area contributed by atoms with E-state index >= 15 is 0 Å². The summed E-state index contributed by atoms with van der Waals surface area (Å²) in [6.07, 6.45) is 4.66. The van der Waals surface area contributed by atoms with E-state index in [0.717, 1.165) is 5.56 Å². The van der Waals surface area contributed by atoms with Crippen LogP contribution in [0.4, 0.5) is 5.82 Å². The summed E-state index contributed by atoms with van der Waals surface area (Å²) in [5.41, 5.74) is 1.94. The smallest absolute Gasteiger partial charge is 0.256 e. The van der Waals surface area contributed by atoms with Gasteiger partial charge in [0, 0.05) is 23.9 Å². The summed E-state index contributed by atoms with van der Waals surface area (Å²) in [6, 6.07) is 12.4. The zero-order chi connectivity index (χ0) is 21.8. The fourth-order valence-electron chi connectivity index (χ4n) is 2.92. The number of aryl methyl sites for hydroxylation is 1. The van der Waals surface area contributed by atoms with Crippen molar-refractivity contribution in [2.75, 3.05) is 5.32 Å². The molecule has 4 aromatic rings. The first kappa shape index (κ1) is 20.1. The monoisotopic (exact) mass is 415 g/mol. The van der Waals surface area contributed by atoms with Crippen molar-refractivity contribution in [1.29, 1.82) is 0 Å². The molecule has 1 N–H and O–H groups in total. The van der Waals surface area contributed by atoms with E-state index in [-0.39, 0.29) is 11.9 Å². The number of amides is 1. The molecule has 1 amide bonds. The number of ether oxygens (including phenoxy) is 1. The van der Waals surface area contributed by atoms with Crippen molar-refractivity contribution < 1.29 is 9.53 Å². The summed E-state index contributed by atoms with van der Waals surface area (Å²) in [7, 11) is 0. The highest BCUT2D eigenvalue weighted by molar-refractivity contribution is 6.04. The summed E-state index contributed by atoms with van der Waals surface area (Å²) in [6.45, 7) is 5.97. The molecule has 0 aliphatic carbocycles. The first-order chi connectivity index (χ1) is 15.0. The SMILES string of the molecule is Cc1ccc(C(=O)Nc2cccc(-c3nncn3C(C)C)n2)cc1Oc1ccncn1. The van der Waals surface area contributed by atoms with Crippen LogP contribution >= 0.6 is 0 Å². The second-order valence-corrected chi connectivity index (χ2v) is 7.15. The maximum Gasteiger partial charge on any atom is 0.256 e. The van der Waals surface area contributed by atoms with Gasteiger partial charge in [-0.1, -0.05) is 12.1 Å². The molecule has 0 aliphatic heterocycles. The van der Waals surface area contributed by atoms with E-state index in [0.29, 0.717) is 34.5 Å². The third kappa shape index (κ3) is 4.55. The van der Waals surface area contributed by atoms with E-state index in [2.05, 4.69) is 30.5 Å². The van der Waals surface area contributed by atoms with E-state index < -0.39 is 0 Å². The van der Waals surface area contributed by atoms with Crippen molar-refractivity contribution >= 4 is 11.7 Å². The van der Waals surface area contributed by atoms with Crippen LogP contribution in [0.15, 0.2) is 61.3 Å². The van der Waals surface area contributed by atoms with Crippen molar-refractivity contribution in [1.82, 2.24) is 29.7 Å². The number of pyridine rings is 1. The van der Waals surface area contributed by atoms with E-state index in [9.17, 15) is 4.79 Å². The summed E-state index contributed by atoms with van der Waals surface area (Å²) in [5, 5.41) is 11.0. The van der Waals surface area contributed by atoms with E-state index in [4.69, 9.17) is 4.74 Å². The van der Waals surface area contributed by atoms with Crippen LogP contribution in [0.3, 0.4) is 0 Å². The van der Waals surface area contributed by atoms with Crippen molar-refractivity contribution in [3.05, 3.63) is 72.4 Å². The van der Waals surface area contributed by atoms with Crippen molar-refractivity contribution in [2.45, 2.75) is 26.8 Å². The van der Waals surface area contributed by atoms with E-state index in [1.54, 1.807) is 36.8 Å². The summed E-state index contributed by atoms with van der Waals surface area (Å²) in [5.74, 6) is 1.70. The van der Waals surface area contributed by atoms with Crippen molar-refractivity contribution in [2.24, 2.45) is 0 Å². The molecule has 9 nitrogen and oxygen atoms in total. The molecule has 0 bridgehead atoms. The normalized spacial score (nSPS) is 10.8. The largest absolute Gasteiger partial charge is 0.439 e. The lowest BCUT2D eigenvalue weighted by molar-refractivity contribution is 0.102. The zero-order valence-electron chi connectivity index (χ0n) is 17.4. The van der Waals surface area contributed by atoms with Gasteiger partial charge in [0.25, 0.3) is 5.91 Å². The number of nitrogens with zero attached hydrogens (tertiary/aromatic N) is 6. The maximum absolute atomic E-state index is 12.8. The first-order valence-electron chi connectivity index (χ1n) is 9.74. The summed E-state index contributed by atoms with van der Waals surface area (Å²) >= 11 is 0. The highest BCUT2D eigenvalue weighted by Gasteiger charge is 2.14. The third-order valence-electron chi connectivity index (χ3n) is 4.57. The molecule has 4 rings (SSSR count). The number of carbonyl (C=O) groups is 1. The fraction of sp³-hybridized carbons (Fsp3) is 0.182. The van der Waals surface area contributed by atoms with Gasteiger partial charge in [0.05, 0.1) is 0 Å². The van der Waals surface area contributed by atoms with Gasteiger partial charge in [0.2, 0.25) is 5.88 Å². The molecule has 156 valence electrons. The molecule has 0 atom stereocenters. The number of aromatic nitrogens is 6. The van der Waals surface area contributed by atoms with E-state index in [1.807, 2.05) is 43.5 Å². The lowest BCUT2D eigenvalue weighted by atomic mass is 10.1. The highest BCUT2D eigenvalue weighted by Crippen LogP contribution is 2.25. The predicted molar refractivity (Wildman–Crippen MR) is 115 cm³/mol. The van der Waals surface area contributed by atoms with Gasteiger partial charge in [-0.3, -0.25) is 4.79 Å². The predicted octanol–water partition coefficient (Wildman–Crippen LogP) is 4.06. The number of hydrogen-bond donors (Lipinski definition) is 1. The second-order valence-electron chi connectivity index (χ2n) is 7.15.